The van der Waals surface area contributed by atoms with Crippen LogP contribution in [0.5, 0.6) is 11.5 Å². The summed E-state index contributed by atoms with van der Waals surface area (Å²) in [6.45, 7) is 0. The second kappa shape index (κ2) is 5.48. The Bertz CT molecular complexity index is 461. The van der Waals surface area contributed by atoms with E-state index >= 15 is 0 Å². The highest BCUT2D eigenvalue weighted by atomic mass is 79.9. The quantitative estimate of drug-likeness (QED) is 0.507. The van der Waals surface area contributed by atoms with Gasteiger partial charge in [0.05, 0.1) is 18.1 Å². The van der Waals surface area contributed by atoms with Gasteiger partial charge in [-0.1, -0.05) is 0 Å². The van der Waals surface area contributed by atoms with Crippen molar-refractivity contribution < 1.29 is 24.3 Å². The lowest BCUT2D eigenvalue weighted by molar-refractivity contribution is -0.385. The third kappa shape index (κ3) is 2.84. The number of nitro benzene ring substituents is 1. The Hall–Kier alpha value is -1.83. The number of hydrogen-bond acceptors (Lipinski definition) is 5. The van der Waals surface area contributed by atoms with Gasteiger partial charge < -0.3 is 14.6 Å². The van der Waals surface area contributed by atoms with Crippen LogP contribution in [0.15, 0.2) is 12.1 Å². The molecule has 0 heterocycles. The second-order valence-corrected chi connectivity index (χ2v) is 3.29. The maximum atomic E-state index is 10.9. The molecule has 0 aliphatic carbocycles. The zero-order valence-electron chi connectivity index (χ0n) is 8.68. The number of alkyl halides is 1. The molecule has 0 bridgehead atoms. The van der Waals surface area contributed by atoms with E-state index < -0.39 is 22.1 Å². The summed E-state index contributed by atoms with van der Waals surface area (Å²) in [7, 11) is 1.31. The minimum absolute atomic E-state index is 0.0982. The molecule has 0 aliphatic rings. The summed E-state index contributed by atoms with van der Waals surface area (Å²) >= 11 is 2.99. The number of rotatable bonds is 5. The van der Waals surface area contributed by atoms with E-state index in [9.17, 15) is 14.9 Å². The number of carboxylic acid groups (broad SMARTS) is 1. The average Bonchev–Trinajstić information content (AvgIpc) is 2.28. The summed E-state index contributed by atoms with van der Waals surface area (Å²) in [5, 5.41) is 19.6. The fourth-order valence-corrected chi connectivity index (χ4v) is 1.45. The molecule has 1 N–H and O–H groups in total. The summed E-state index contributed by atoms with van der Waals surface area (Å²) in [5.41, 5.74) is -0.893. The summed E-state index contributed by atoms with van der Waals surface area (Å²) in [6, 6.07) is 2.07. The number of carboxylic acids is 1. The molecular formula is C9H8BrNO6. The molecule has 0 amide bonds. The van der Waals surface area contributed by atoms with Crippen molar-refractivity contribution in [3.05, 3.63) is 27.8 Å². The number of aromatic carboxylic acids is 1. The van der Waals surface area contributed by atoms with Crippen LogP contribution in [0.3, 0.4) is 0 Å². The van der Waals surface area contributed by atoms with Gasteiger partial charge in [-0.2, -0.15) is 0 Å². The van der Waals surface area contributed by atoms with Crippen LogP contribution in [0.2, 0.25) is 0 Å². The first-order chi connectivity index (χ1) is 8.01. The molecule has 0 radical (unpaired) electrons. The Kier molecular flexibility index (Phi) is 4.27. The average molecular weight is 306 g/mol. The van der Waals surface area contributed by atoms with Crippen molar-refractivity contribution in [2.75, 3.05) is 12.6 Å². The number of nitro groups is 1. The zero-order chi connectivity index (χ0) is 13.0. The maximum Gasteiger partial charge on any atom is 0.342 e. The van der Waals surface area contributed by atoms with Gasteiger partial charge >= 0.3 is 5.97 Å². The molecule has 8 heteroatoms. The van der Waals surface area contributed by atoms with Crippen LogP contribution in [0.1, 0.15) is 10.4 Å². The van der Waals surface area contributed by atoms with Crippen molar-refractivity contribution in [3.63, 3.8) is 0 Å². The van der Waals surface area contributed by atoms with Gasteiger partial charge in [0.25, 0.3) is 5.69 Å². The van der Waals surface area contributed by atoms with Crippen LogP contribution in [-0.4, -0.2) is 28.6 Å². The summed E-state index contributed by atoms with van der Waals surface area (Å²) in [5.74, 6) is -1.19. The molecule has 0 atom stereocenters. The van der Waals surface area contributed by atoms with Crippen LogP contribution in [0.25, 0.3) is 0 Å². The van der Waals surface area contributed by atoms with Crippen molar-refractivity contribution >= 4 is 27.6 Å². The first-order valence-corrected chi connectivity index (χ1v) is 5.42. The van der Waals surface area contributed by atoms with E-state index in [0.717, 1.165) is 12.1 Å². The number of nitrogens with zero attached hydrogens (tertiary/aromatic N) is 1. The Morgan fingerprint density at radius 1 is 1.53 bits per heavy atom. The molecule has 0 saturated heterocycles. The topological polar surface area (TPSA) is 98.9 Å². The number of ether oxygens (including phenoxy) is 2. The molecule has 17 heavy (non-hydrogen) atoms. The Morgan fingerprint density at radius 3 is 2.59 bits per heavy atom. The van der Waals surface area contributed by atoms with Gasteiger partial charge in [-0.05, 0) is 15.9 Å². The first-order valence-electron chi connectivity index (χ1n) is 4.29. The van der Waals surface area contributed by atoms with E-state index in [4.69, 9.17) is 14.6 Å². The van der Waals surface area contributed by atoms with Crippen molar-refractivity contribution in [3.8, 4) is 11.5 Å². The SMILES string of the molecule is COc1cc(C(=O)O)c([N+](=O)[O-])cc1OCBr. The van der Waals surface area contributed by atoms with E-state index in [1.165, 1.54) is 7.11 Å². The van der Waals surface area contributed by atoms with E-state index in [1.54, 1.807) is 0 Å². The van der Waals surface area contributed by atoms with Crippen molar-refractivity contribution in [1.82, 2.24) is 0 Å². The largest absolute Gasteiger partial charge is 0.493 e. The summed E-state index contributed by atoms with van der Waals surface area (Å²) < 4.78 is 9.94. The van der Waals surface area contributed by atoms with Crippen LogP contribution in [-0.2, 0) is 0 Å². The molecule has 7 nitrogen and oxygen atoms in total. The van der Waals surface area contributed by atoms with E-state index in [0.29, 0.717) is 0 Å². The number of hydrogen-bond donors (Lipinski definition) is 1. The fraction of sp³-hybridized carbons (Fsp3) is 0.222. The van der Waals surface area contributed by atoms with Gasteiger partial charge in [-0.25, -0.2) is 4.79 Å². The molecule has 1 aromatic rings. The maximum absolute atomic E-state index is 10.9. The normalized spacial score (nSPS) is 9.76. The molecule has 0 saturated carbocycles. The molecular weight excluding hydrogens is 298 g/mol. The Morgan fingerprint density at radius 2 is 2.18 bits per heavy atom. The minimum atomic E-state index is -1.40. The number of carbonyl (C=O) groups is 1. The van der Waals surface area contributed by atoms with Gasteiger partial charge in [0.1, 0.15) is 11.1 Å². The van der Waals surface area contributed by atoms with E-state index in [1.807, 2.05) is 0 Å². The van der Waals surface area contributed by atoms with Gasteiger partial charge in [0.15, 0.2) is 11.5 Å². The lowest BCUT2D eigenvalue weighted by atomic mass is 10.1. The standard InChI is InChI=1S/C9H8BrNO6/c1-16-7-2-5(9(12)13)6(11(14)15)3-8(7)17-4-10/h2-3H,4H2,1H3,(H,12,13). The number of benzene rings is 1. The third-order valence-corrected chi connectivity index (χ3v) is 2.15. The van der Waals surface area contributed by atoms with Crippen LogP contribution < -0.4 is 9.47 Å². The van der Waals surface area contributed by atoms with Crippen LogP contribution in [0.4, 0.5) is 5.69 Å². The molecule has 0 aliphatic heterocycles. The van der Waals surface area contributed by atoms with Gasteiger partial charge in [0, 0.05) is 6.07 Å². The molecule has 92 valence electrons. The van der Waals surface area contributed by atoms with Crippen LogP contribution in [0, 0.1) is 10.1 Å². The highest BCUT2D eigenvalue weighted by molar-refractivity contribution is 9.09. The van der Waals surface area contributed by atoms with Crippen molar-refractivity contribution in [1.29, 1.82) is 0 Å². The number of halogens is 1. The molecule has 1 rings (SSSR count). The lowest BCUT2D eigenvalue weighted by Crippen LogP contribution is -2.05. The fourth-order valence-electron chi connectivity index (χ4n) is 1.20. The highest BCUT2D eigenvalue weighted by Crippen LogP contribution is 2.34. The monoisotopic (exact) mass is 305 g/mol. The second-order valence-electron chi connectivity index (χ2n) is 2.84. The van der Waals surface area contributed by atoms with Crippen molar-refractivity contribution in [2.24, 2.45) is 0 Å². The summed E-state index contributed by atoms with van der Waals surface area (Å²) in [6.07, 6.45) is 0. The predicted octanol–water partition coefficient (Wildman–Crippen LogP) is 2.03. The molecule has 0 spiro atoms. The first kappa shape index (κ1) is 13.2. The van der Waals surface area contributed by atoms with Crippen LogP contribution >= 0.6 is 15.9 Å². The lowest BCUT2D eigenvalue weighted by Gasteiger charge is -2.09. The predicted molar refractivity (Wildman–Crippen MR) is 61.0 cm³/mol. The highest BCUT2D eigenvalue weighted by Gasteiger charge is 2.24. The van der Waals surface area contributed by atoms with Crippen molar-refractivity contribution in [2.45, 2.75) is 0 Å². The van der Waals surface area contributed by atoms with E-state index in [2.05, 4.69) is 15.9 Å². The minimum Gasteiger partial charge on any atom is -0.493 e. The molecule has 1 aromatic carbocycles. The zero-order valence-corrected chi connectivity index (χ0v) is 10.3. The Balaban J connectivity index is 3.42. The Labute approximate surface area is 104 Å². The molecule has 0 unspecified atom stereocenters. The van der Waals surface area contributed by atoms with Gasteiger partial charge in [-0.3, -0.25) is 10.1 Å². The molecule has 0 fully saturated rings. The van der Waals surface area contributed by atoms with E-state index in [-0.39, 0.29) is 17.0 Å². The molecule has 0 aromatic heterocycles. The summed E-state index contributed by atoms with van der Waals surface area (Å²) in [4.78, 5) is 20.8. The smallest absolute Gasteiger partial charge is 0.342 e. The van der Waals surface area contributed by atoms with Gasteiger partial charge in [0.2, 0.25) is 0 Å². The van der Waals surface area contributed by atoms with Gasteiger partial charge in [-0.15, -0.1) is 0 Å². The third-order valence-electron chi connectivity index (χ3n) is 1.92. The number of methoxy groups -OCH3 is 1.